The standard InChI is InChI=1S/C8H17N3O3/c1-2-10-7(12)5-11-8(13)6-14-4-3-9/h2-6,9H2,1H3,(H,10,12)(H,11,13). The molecule has 6 heteroatoms. The molecule has 0 saturated carbocycles. The first kappa shape index (κ1) is 12.9. The fourth-order valence-electron chi connectivity index (χ4n) is 0.738. The van der Waals surface area contributed by atoms with Gasteiger partial charge in [0, 0.05) is 13.1 Å². The summed E-state index contributed by atoms with van der Waals surface area (Å²) >= 11 is 0. The molecule has 4 N–H and O–H groups in total. The van der Waals surface area contributed by atoms with Gasteiger partial charge >= 0.3 is 0 Å². The summed E-state index contributed by atoms with van der Waals surface area (Å²) in [5.41, 5.74) is 5.16. The molecule has 14 heavy (non-hydrogen) atoms. The zero-order valence-electron chi connectivity index (χ0n) is 8.34. The van der Waals surface area contributed by atoms with Crippen LogP contribution in [0.4, 0.5) is 0 Å². The highest BCUT2D eigenvalue weighted by atomic mass is 16.5. The molecule has 6 nitrogen and oxygen atoms in total. The molecule has 0 aliphatic rings. The summed E-state index contributed by atoms with van der Waals surface area (Å²) in [7, 11) is 0. The van der Waals surface area contributed by atoms with Crippen LogP contribution in [0.5, 0.6) is 0 Å². The molecule has 0 heterocycles. The molecule has 0 fully saturated rings. The Morgan fingerprint density at radius 1 is 1.29 bits per heavy atom. The van der Waals surface area contributed by atoms with Crippen LogP contribution in [0.3, 0.4) is 0 Å². The van der Waals surface area contributed by atoms with E-state index in [1.165, 1.54) is 0 Å². The summed E-state index contributed by atoms with van der Waals surface area (Å²) in [5.74, 6) is -0.524. The summed E-state index contributed by atoms with van der Waals surface area (Å²) in [6.07, 6.45) is 0. The Hall–Kier alpha value is -1.14. The minimum absolute atomic E-state index is 0.0152. The molecule has 2 amide bonds. The van der Waals surface area contributed by atoms with E-state index in [4.69, 9.17) is 10.5 Å². The molecule has 0 radical (unpaired) electrons. The van der Waals surface area contributed by atoms with Gasteiger partial charge in [-0.05, 0) is 6.92 Å². The van der Waals surface area contributed by atoms with Crippen molar-refractivity contribution in [2.45, 2.75) is 6.92 Å². The van der Waals surface area contributed by atoms with Crippen molar-refractivity contribution in [2.75, 3.05) is 32.8 Å². The third-order valence-corrected chi connectivity index (χ3v) is 1.32. The van der Waals surface area contributed by atoms with Gasteiger partial charge in [-0.2, -0.15) is 0 Å². The number of likely N-dealkylation sites (N-methyl/N-ethyl adjacent to an activating group) is 1. The lowest BCUT2D eigenvalue weighted by Gasteiger charge is -2.05. The molecule has 0 aliphatic heterocycles. The van der Waals surface area contributed by atoms with E-state index in [1.54, 1.807) is 0 Å². The average molecular weight is 203 g/mol. The number of hydrogen-bond acceptors (Lipinski definition) is 4. The van der Waals surface area contributed by atoms with Gasteiger partial charge in [0.2, 0.25) is 11.8 Å². The number of nitrogens with one attached hydrogen (secondary N) is 2. The molecular weight excluding hydrogens is 186 g/mol. The molecule has 0 aromatic heterocycles. The van der Waals surface area contributed by atoms with Crippen molar-refractivity contribution >= 4 is 11.8 Å². The first-order valence-electron chi connectivity index (χ1n) is 4.52. The Morgan fingerprint density at radius 2 is 2.00 bits per heavy atom. The zero-order valence-corrected chi connectivity index (χ0v) is 8.34. The van der Waals surface area contributed by atoms with Gasteiger partial charge in [0.25, 0.3) is 0 Å². The zero-order chi connectivity index (χ0) is 10.8. The number of carbonyl (C=O) groups excluding carboxylic acids is 2. The third-order valence-electron chi connectivity index (χ3n) is 1.32. The molecule has 0 bridgehead atoms. The van der Waals surface area contributed by atoms with Gasteiger partial charge in [-0.15, -0.1) is 0 Å². The predicted molar refractivity (Wildman–Crippen MR) is 51.6 cm³/mol. The maximum atomic E-state index is 11.0. The average Bonchev–Trinajstić information content (AvgIpc) is 2.16. The Morgan fingerprint density at radius 3 is 2.57 bits per heavy atom. The molecule has 82 valence electrons. The van der Waals surface area contributed by atoms with Crippen LogP contribution in [-0.2, 0) is 14.3 Å². The Balaban J connectivity index is 3.39. The number of carbonyl (C=O) groups is 2. The fourth-order valence-corrected chi connectivity index (χ4v) is 0.738. The van der Waals surface area contributed by atoms with Gasteiger partial charge in [0.15, 0.2) is 0 Å². The smallest absolute Gasteiger partial charge is 0.246 e. The van der Waals surface area contributed by atoms with E-state index in [2.05, 4.69) is 10.6 Å². The lowest BCUT2D eigenvalue weighted by molar-refractivity contribution is -0.128. The van der Waals surface area contributed by atoms with Crippen LogP contribution in [0.2, 0.25) is 0 Å². The maximum Gasteiger partial charge on any atom is 0.246 e. The fraction of sp³-hybridized carbons (Fsp3) is 0.750. The number of amides is 2. The van der Waals surface area contributed by atoms with Gasteiger partial charge in [0.05, 0.1) is 13.2 Å². The van der Waals surface area contributed by atoms with E-state index in [-0.39, 0.29) is 25.0 Å². The SMILES string of the molecule is CCNC(=O)CNC(=O)COCCN. The van der Waals surface area contributed by atoms with Crippen LogP contribution in [-0.4, -0.2) is 44.7 Å². The Bertz CT molecular complexity index is 185. The van der Waals surface area contributed by atoms with Gasteiger partial charge < -0.3 is 21.1 Å². The molecule has 0 aliphatic carbocycles. The highest BCUT2D eigenvalue weighted by molar-refractivity contribution is 5.85. The summed E-state index contributed by atoms with van der Waals surface area (Å²) < 4.78 is 4.87. The van der Waals surface area contributed by atoms with Crippen molar-refractivity contribution in [3.05, 3.63) is 0 Å². The molecule has 0 atom stereocenters. The van der Waals surface area contributed by atoms with E-state index in [0.717, 1.165) is 0 Å². The van der Waals surface area contributed by atoms with Gasteiger partial charge in [-0.3, -0.25) is 9.59 Å². The molecule has 0 spiro atoms. The van der Waals surface area contributed by atoms with Crippen molar-refractivity contribution in [3.63, 3.8) is 0 Å². The van der Waals surface area contributed by atoms with Crippen LogP contribution in [0.25, 0.3) is 0 Å². The maximum absolute atomic E-state index is 11.0. The van der Waals surface area contributed by atoms with Crippen molar-refractivity contribution in [3.8, 4) is 0 Å². The summed E-state index contributed by atoms with van der Waals surface area (Å²) in [6.45, 7) is 3.01. The normalized spacial score (nSPS) is 9.57. The minimum atomic E-state index is -0.315. The second-order valence-corrected chi connectivity index (χ2v) is 2.57. The van der Waals surface area contributed by atoms with E-state index in [9.17, 15) is 9.59 Å². The first-order chi connectivity index (χ1) is 6.70. The van der Waals surface area contributed by atoms with Crippen molar-refractivity contribution in [2.24, 2.45) is 5.73 Å². The molecular formula is C8H17N3O3. The lowest BCUT2D eigenvalue weighted by Crippen LogP contribution is -2.38. The topological polar surface area (TPSA) is 93.5 Å². The monoisotopic (exact) mass is 203 g/mol. The van der Waals surface area contributed by atoms with Gasteiger partial charge in [-0.1, -0.05) is 0 Å². The van der Waals surface area contributed by atoms with Crippen LogP contribution in [0.15, 0.2) is 0 Å². The van der Waals surface area contributed by atoms with Crippen molar-refractivity contribution in [1.29, 1.82) is 0 Å². The van der Waals surface area contributed by atoms with E-state index in [0.29, 0.717) is 19.7 Å². The second kappa shape index (κ2) is 8.46. The van der Waals surface area contributed by atoms with Crippen molar-refractivity contribution in [1.82, 2.24) is 10.6 Å². The summed E-state index contributed by atoms with van der Waals surface area (Å²) in [5, 5.41) is 4.96. The van der Waals surface area contributed by atoms with E-state index in [1.807, 2.05) is 6.92 Å². The number of hydrogen-bond donors (Lipinski definition) is 3. The van der Waals surface area contributed by atoms with Crippen LogP contribution >= 0.6 is 0 Å². The van der Waals surface area contributed by atoms with Crippen LogP contribution in [0, 0.1) is 0 Å². The van der Waals surface area contributed by atoms with Crippen LogP contribution < -0.4 is 16.4 Å². The molecule has 0 saturated heterocycles. The number of nitrogens with two attached hydrogens (primary N) is 1. The quantitative estimate of drug-likeness (QED) is 0.426. The molecule has 0 aromatic rings. The number of rotatable bonds is 7. The summed E-state index contributed by atoms with van der Waals surface area (Å²) in [4.78, 5) is 21.9. The Labute approximate surface area is 83.2 Å². The summed E-state index contributed by atoms with van der Waals surface area (Å²) in [6, 6.07) is 0. The van der Waals surface area contributed by atoms with Gasteiger partial charge in [-0.25, -0.2) is 0 Å². The third kappa shape index (κ3) is 7.51. The minimum Gasteiger partial charge on any atom is -0.370 e. The lowest BCUT2D eigenvalue weighted by atomic mass is 10.5. The Kier molecular flexibility index (Phi) is 7.77. The van der Waals surface area contributed by atoms with E-state index >= 15 is 0 Å². The van der Waals surface area contributed by atoms with Crippen LogP contribution in [0.1, 0.15) is 6.92 Å². The molecule has 0 aromatic carbocycles. The largest absolute Gasteiger partial charge is 0.370 e. The molecule has 0 rings (SSSR count). The van der Waals surface area contributed by atoms with Gasteiger partial charge in [0.1, 0.15) is 6.61 Å². The highest BCUT2D eigenvalue weighted by Crippen LogP contribution is 1.73. The first-order valence-corrected chi connectivity index (χ1v) is 4.52. The second-order valence-electron chi connectivity index (χ2n) is 2.57. The van der Waals surface area contributed by atoms with E-state index < -0.39 is 0 Å². The predicted octanol–water partition coefficient (Wildman–Crippen LogP) is -1.79. The van der Waals surface area contributed by atoms with Crippen molar-refractivity contribution < 1.29 is 14.3 Å². The highest BCUT2D eigenvalue weighted by Gasteiger charge is 2.03. The molecule has 0 unspecified atom stereocenters. The number of ether oxygens (including phenoxy) is 1.